The molecule has 6 rings (SSSR count). The van der Waals surface area contributed by atoms with Gasteiger partial charge in [-0.05, 0) is 86.8 Å². The van der Waals surface area contributed by atoms with E-state index in [-0.39, 0.29) is 22.4 Å². The first-order chi connectivity index (χ1) is 14.7. The normalized spacial score (nSPS) is 31.1. The predicted octanol–water partition coefficient (Wildman–Crippen LogP) is 5.03. The van der Waals surface area contributed by atoms with Crippen LogP contribution in [0, 0.1) is 31.1 Å². The van der Waals surface area contributed by atoms with Gasteiger partial charge in [0, 0.05) is 5.69 Å². The molecule has 2 atom stereocenters. The summed E-state index contributed by atoms with van der Waals surface area (Å²) >= 11 is 6.57. The number of aryl methyl sites for hydroxylation is 2. The zero-order chi connectivity index (χ0) is 22.0. The van der Waals surface area contributed by atoms with E-state index in [1.807, 2.05) is 32.0 Å². The van der Waals surface area contributed by atoms with Gasteiger partial charge in [-0.1, -0.05) is 23.7 Å². The van der Waals surface area contributed by atoms with Crippen molar-refractivity contribution in [2.45, 2.75) is 64.3 Å². The van der Waals surface area contributed by atoms with Crippen LogP contribution in [0.4, 0.5) is 11.4 Å². The lowest BCUT2D eigenvalue weighted by atomic mass is 9.46. The molecule has 164 valence electrons. The molecule has 4 saturated carbocycles. The van der Waals surface area contributed by atoms with Gasteiger partial charge in [0.25, 0.3) is 5.56 Å². The number of benzene rings is 1. The number of carboxylic acid groups (broad SMARTS) is 1. The smallest absolute Gasteiger partial charge is 0.303 e. The molecule has 4 aliphatic carbocycles. The number of carboxylic acids is 1. The lowest BCUT2D eigenvalue weighted by Crippen LogP contribution is -2.59. The highest BCUT2D eigenvalue weighted by Gasteiger charge is 2.59. The van der Waals surface area contributed by atoms with Crippen LogP contribution in [0.1, 0.15) is 56.1 Å². The van der Waals surface area contributed by atoms with E-state index in [1.54, 1.807) is 10.9 Å². The van der Waals surface area contributed by atoms with Gasteiger partial charge in [0.1, 0.15) is 5.02 Å². The monoisotopic (exact) mass is 441 g/mol. The highest BCUT2D eigenvalue weighted by Crippen LogP contribution is 2.65. The van der Waals surface area contributed by atoms with Crippen LogP contribution in [0.3, 0.4) is 0 Å². The molecule has 2 aromatic rings. The van der Waals surface area contributed by atoms with Crippen LogP contribution in [0.15, 0.2) is 29.2 Å². The molecule has 0 amide bonds. The van der Waals surface area contributed by atoms with Gasteiger partial charge in [-0.3, -0.25) is 9.59 Å². The van der Waals surface area contributed by atoms with Crippen molar-refractivity contribution in [1.82, 2.24) is 9.78 Å². The maximum Gasteiger partial charge on any atom is 0.303 e. The molecule has 4 aliphatic rings. The van der Waals surface area contributed by atoms with Crippen molar-refractivity contribution in [3.05, 3.63) is 50.9 Å². The van der Waals surface area contributed by atoms with Gasteiger partial charge in [-0.25, -0.2) is 4.68 Å². The summed E-state index contributed by atoms with van der Waals surface area (Å²) in [5, 5.41) is 17.5. The lowest BCUT2D eigenvalue weighted by Gasteiger charge is -2.61. The molecule has 1 heterocycles. The van der Waals surface area contributed by atoms with Crippen molar-refractivity contribution in [3.8, 4) is 0 Å². The van der Waals surface area contributed by atoms with Gasteiger partial charge in [0.15, 0.2) is 0 Å². The minimum atomic E-state index is -0.747. The highest BCUT2D eigenvalue weighted by molar-refractivity contribution is 6.33. The van der Waals surface area contributed by atoms with Crippen molar-refractivity contribution >= 4 is 28.9 Å². The van der Waals surface area contributed by atoms with E-state index < -0.39 is 11.5 Å². The average molecular weight is 442 g/mol. The van der Waals surface area contributed by atoms with E-state index in [1.165, 1.54) is 0 Å². The summed E-state index contributed by atoms with van der Waals surface area (Å²) in [6.45, 7) is 4.02. The summed E-state index contributed by atoms with van der Waals surface area (Å²) in [6, 6.07) is 6.09. The van der Waals surface area contributed by atoms with Crippen molar-refractivity contribution < 1.29 is 9.90 Å². The van der Waals surface area contributed by atoms with E-state index in [4.69, 9.17) is 11.6 Å². The Morgan fingerprint density at radius 2 is 1.94 bits per heavy atom. The predicted molar refractivity (Wildman–Crippen MR) is 120 cm³/mol. The fourth-order valence-electron chi connectivity index (χ4n) is 7.05. The molecule has 0 aliphatic heterocycles. The fraction of sp³-hybridized carbons (Fsp3) is 0.542. The number of aromatic nitrogens is 2. The number of nitrogens with zero attached hydrogens (tertiary/aromatic N) is 2. The second kappa shape index (κ2) is 7.09. The number of rotatable bonds is 5. The number of aliphatic carboxylic acids is 1. The molecular formula is C24H28ClN3O3. The first-order valence-electron chi connectivity index (χ1n) is 11.0. The van der Waals surface area contributed by atoms with Crippen LogP contribution in [-0.2, 0) is 10.3 Å². The van der Waals surface area contributed by atoms with Crippen molar-refractivity contribution in [2.75, 3.05) is 5.32 Å². The summed E-state index contributed by atoms with van der Waals surface area (Å²) in [7, 11) is 0. The molecule has 0 saturated heterocycles. The molecule has 2 unspecified atom stereocenters. The minimum Gasteiger partial charge on any atom is -0.481 e. The van der Waals surface area contributed by atoms with E-state index in [0.717, 1.165) is 48.9 Å². The Kier molecular flexibility index (Phi) is 4.70. The third-order valence-corrected chi connectivity index (χ3v) is 8.07. The molecule has 4 bridgehead atoms. The van der Waals surface area contributed by atoms with Crippen molar-refractivity contribution in [3.63, 3.8) is 0 Å². The van der Waals surface area contributed by atoms with Crippen LogP contribution >= 0.6 is 11.6 Å². The summed E-state index contributed by atoms with van der Waals surface area (Å²) in [4.78, 5) is 25.0. The first-order valence-corrected chi connectivity index (χ1v) is 11.4. The van der Waals surface area contributed by atoms with Crippen LogP contribution in [0.25, 0.3) is 0 Å². The van der Waals surface area contributed by atoms with Gasteiger partial charge >= 0.3 is 5.97 Å². The number of anilines is 2. The third kappa shape index (κ3) is 3.45. The molecule has 1 aromatic heterocycles. The number of hydrogen-bond acceptors (Lipinski definition) is 4. The fourth-order valence-corrected chi connectivity index (χ4v) is 7.23. The molecule has 7 heteroatoms. The zero-order valence-corrected chi connectivity index (χ0v) is 18.7. The lowest BCUT2D eigenvalue weighted by molar-refractivity contribution is -0.151. The number of hydrogen-bond donors (Lipinski definition) is 2. The van der Waals surface area contributed by atoms with E-state index in [9.17, 15) is 14.7 Å². The number of nitrogens with one attached hydrogen (secondary N) is 1. The molecular weight excluding hydrogens is 414 g/mol. The summed E-state index contributed by atoms with van der Waals surface area (Å²) in [5.41, 5.74) is 2.64. The second-order valence-electron chi connectivity index (χ2n) is 10.3. The molecule has 1 aromatic carbocycles. The van der Waals surface area contributed by atoms with Crippen LogP contribution in [-0.4, -0.2) is 20.9 Å². The Labute approximate surface area is 186 Å². The zero-order valence-electron chi connectivity index (χ0n) is 17.9. The molecule has 0 radical (unpaired) electrons. The quantitative estimate of drug-likeness (QED) is 0.679. The Hall–Kier alpha value is -2.34. The SMILES string of the molecule is Cc1ccc(C)c(Nc2cnn(C34CC5CC(CC(CC(=O)O)(C5)C3)C4)c(=O)c2Cl)c1. The maximum atomic E-state index is 13.4. The van der Waals surface area contributed by atoms with Crippen LogP contribution in [0.2, 0.25) is 5.02 Å². The molecule has 2 N–H and O–H groups in total. The molecule has 4 fully saturated rings. The topological polar surface area (TPSA) is 84.2 Å². The highest BCUT2D eigenvalue weighted by atomic mass is 35.5. The third-order valence-electron chi connectivity index (χ3n) is 7.71. The van der Waals surface area contributed by atoms with E-state index >= 15 is 0 Å². The van der Waals surface area contributed by atoms with E-state index in [0.29, 0.717) is 23.9 Å². The number of halogens is 1. The Morgan fingerprint density at radius 3 is 2.61 bits per heavy atom. The van der Waals surface area contributed by atoms with Gasteiger partial charge in [-0.15, -0.1) is 0 Å². The van der Waals surface area contributed by atoms with Gasteiger partial charge in [0.05, 0.1) is 23.8 Å². The average Bonchev–Trinajstić information content (AvgIpc) is 2.66. The maximum absolute atomic E-state index is 13.4. The second-order valence-corrected chi connectivity index (χ2v) is 10.7. The number of carbonyl (C=O) groups is 1. The largest absolute Gasteiger partial charge is 0.481 e. The van der Waals surface area contributed by atoms with Crippen molar-refractivity contribution in [1.29, 1.82) is 0 Å². The van der Waals surface area contributed by atoms with Gasteiger partial charge in [-0.2, -0.15) is 5.10 Å². The standard InChI is InChI=1S/C24H28ClN3O3/c1-14-3-4-15(2)18(5-14)27-19-12-26-28(22(31)21(19)25)24-9-16-6-17(10-24)8-23(7-16,13-24)11-20(29)30/h3-5,12,16-17,27H,6-11,13H2,1-2H3,(H,29,30). The van der Waals surface area contributed by atoms with Crippen molar-refractivity contribution in [2.24, 2.45) is 17.3 Å². The summed E-state index contributed by atoms with van der Waals surface area (Å²) in [6.07, 6.45) is 7.34. The van der Waals surface area contributed by atoms with Gasteiger partial charge in [0.2, 0.25) is 0 Å². The molecule has 0 spiro atoms. The van der Waals surface area contributed by atoms with E-state index in [2.05, 4.69) is 10.4 Å². The van der Waals surface area contributed by atoms with Crippen LogP contribution < -0.4 is 10.9 Å². The summed E-state index contributed by atoms with van der Waals surface area (Å²) < 4.78 is 1.59. The minimum absolute atomic E-state index is 0.138. The molecule has 31 heavy (non-hydrogen) atoms. The Bertz CT molecular complexity index is 1110. The Balaban J connectivity index is 1.51. The summed E-state index contributed by atoms with van der Waals surface area (Å²) in [5.74, 6) is 0.171. The van der Waals surface area contributed by atoms with Crippen LogP contribution in [0.5, 0.6) is 0 Å². The van der Waals surface area contributed by atoms with Gasteiger partial charge < -0.3 is 10.4 Å². The molecule has 6 nitrogen and oxygen atoms in total. The first kappa shape index (κ1) is 20.6. The Morgan fingerprint density at radius 1 is 1.23 bits per heavy atom.